The topological polar surface area (TPSA) is 131 Å². The number of pyridine rings is 1. The maximum atomic E-state index is 11.7. The van der Waals surface area contributed by atoms with E-state index in [1.165, 1.54) is 12.3 Å². The molecule has 0 aliphatic heterocycles. The van der Waals surface area contributed by atoms with E-state index in [1.54, 1.807) is 6.07 Å². The van der Waals surface area contributed by atoms with E-state index in [1.807, 2.05) is 0 Å². The second-order valence-electron chi connectivity index (χ2n) is 3.18. The molecule has 0 unspecified atom stereocenters. The molecule has 0 radical (unpaired) electrons. The Morgan fingerprint density at radius 2 is 1.94 bits per heavy atom. The maximum Gasteiger partial charge on any atom is 0.210 e. The second kappa shape index (κ2) is 4.79. The molecule has 17 heavy (non-hydrogen) atoms. The average Bonchev–Trinajstić information content (AvgIpc) is 2.26. The molecular weight excluding hydrogens is 266 g/mol. The summed E-state index contributed by atoms with van der Waals surface area (Å²) in [6.45, 7) is 0. The first-order chi connectivity index (χ1) is 7.74. The first kappa shape index (κ1) is 13.6. The zero-order chi connectivity index (χ0) is 13.1. The lowest BCUT2D eigenvalue weighted by Crippen LogP contribution is -2.23. The van der Waals surface area contributed by atoms with Crippen LogP contribution in [0.3, 0.4) is 0 Å². The fourth-order valence-electron chi connectivity index (χ4n) is 0.979. The molecule has 1 aromatic heterocycles. The lowest BCUT2D eigenvalue weighted by atomic mass is 10.3. The Balaban J connectivity index is 3.02. The number of nitrogens with two attached hydrogens (primary N) is 1. The van der Waals surface area contributed by atoms with Gasteiger partial charge in [0.15, 0.2) is 14.9 Å². The van der Waals surface area contributed by atoms with Crippen molar-refractivity contribution in [3.8, 4) is 6.07 Å². The molecule has 7 nitrogen and oxygen atoms in total. The summed E-state index contributed by atoms with van der Waals surface area (Å²) in [6, 6.07) is 4.19. The molecule has 0 aromatic carbocycles. The Bertz CT molecular complexity index is 658. The lowest BCUT2D eigenvalue weighted by Gasteiger charge is -2.02. The van der Waals surface area contributed by atoms with Gasteiger partial charge in [-0.1, -0.05) is 0 Å². The van der Waals surface area contributed by atoms with Crippen molar-refractivity contribution in [3.05, 3.63) is 23.9 Å². The second-order valence-corrected chi connectivity index (χ2v) is 6.97. The SMILES string of the molecule is N#Cc1ccnc(S(=O)(=O)CCS(N)(=O)=O)c1. The van der Waals surface area contributed by atoms with E-state index < -0.39 is 31.4 Å². The zero-order valence-corrected chi connectivity index (χ0v) is 10.2. The quantitative estimate of drug-likeness (QED) is 0.751. The minimum absolute atomic E-state index is 0.134. The van der Waals surface area contributed by atoms with Crippen LogP contribution in [-0.2, 0) is 19.9 Å². The summed E-state index contributed by atoms with van der Waals surface area (Å²) in [6.07, 6.45) is 1.17. The Hall–Kier alpha value is -1.50. The van der Waals surface area contributed by atoms with Gasteiger partial charge in [0.1, 0.15) is 0 Å². The highest BCUT2D eigenvalue weighted by atomic mass is 32.2. The molecule has 0 saturated heterocycles. The highest BCUT2D eigenvalue weighted by Crippen LogP contribution is 2.09. The molecular formula is C8H9N3O4S2. The number of nitriles is 1. The van der Waals surface area contributed by atoms with Gasteiger partial charge in [0.2, 0.25) is 10.0 Å². The monoisotopic (exact) mass is 275 g/mol. The van der Waals surface area contributed by atoms with Crippen molar-refractivity contribution >= 4 is 19.9 Å². The minimum Gasteiger partial charge on any atom is -0.245 e. The van der Waals surface area contributed by atoms with Gasteiger partial charge < -0.3 is 0 Å². The fraction of sp³-hybridized carbons (Fsp3) is 0.250. The highest BCUT2D eigenvalue weighted by molar-refractivity contribution is 7.94. The average molecular weight is 275 g/mol. The normalized spacial score (nSPS) is 12.0. The first-order valence-corrected chi connectivity index (χ1v) is 7.71. The van der Waals surface area contributed by atoms with E-state index in [0.717, 1.165) is 6.07 Å². The predicted molar refractivity (Wildman–Crippen MR) is 59.0 cm³/mol. The number of aromatic nitrogens is 1. The van der Waals surface area contributed by atoms with Crippen LogP contribution < -0.4 is 5.14 Å². The molecule has 0 atom stereocenters. The van der Waals surface area contributed by atoms with E-state index in [4.69, 9.17) is 10.4 Å². The van der Waals surface area contributed by atoms with E-state index in [0.29, 0.717) is 0 Å². The predicted octanol–water partition coefficient (Wildman–Crippen LogP) is -0.985. The van der Waals surface area contributed by atoms with Crippen molar-refractivity contribution in [1.29, 1.82) is 5.26 Å². The number of sulfonamides is 1. The summed E-state index contributed by atoms with van der Waals surface area (Å²) in [7, 11) is -7.70. The van der Waals surface area contributed by atoms with Crippen LogP contribution in [0.2, 0.25) is 0 Å². The Morgan fingerprint density at radius 1 is 1.29 bits per heavy atom. The van der Waals surface area contributed by atoms with Gasteiger partial charge in [0.05, 0.1) is 23.1 Å². The third kappa shape index (κ3) is 4.10. The number of rotatable bonds is 4. The molecule has 0 saturated carbocycles. The van der Waals surface area contributed by atoms with Gasteiger partial charge in [0.25, 0.3) is 0 Å². The van der Waals surface area contributed by atoms with Gasteiger partial charge in [-0.15, -0.1) is 0 Å². The van der Waals surface area contributed by atoms with Crippen LogP contribution in [0.15, 0.2) is 23.4 Å². The molecule has 0 aliphatic carbocycles. The standard InChI is InChI=1S/C8H9N3O4S2/c9-6-7-1-2-11-8(5-7)16(12,13)3-4-17(10,14)15/h1-2,5H,3-4H2,(H2,10,14,15). The van der Waals surface area contributed by atoms with Crippen LogP contribution in [0.1, 0.15) is 5.56 Å². The van der Waals surface area contributed by atoms with E-state index in [9.17, 15) is 16.8 Å². The smallest absolute Gasteiger partial charge is 0.210 e. The van der Waals surface area contributed by atoms with Gasteiger partial charge in [-0.2, -0.15) is 5.26 Å². The Labute approximate surface area is 98.9 Å². The van der Waals surface area contributed by atoms with Crippen LogP contribution >= 0.6 is 0 Å². The van der Waals surface area contributed by atoms with Gasteiger partial charge in [-0.3, -0.25) is 0 Å². The molecule has 0 spiro atoms. The van der Waals surface area contributed by atoms with Crippen LogP contribution in [0.5, 0.6) is 0 Å². The molecule has 1 aromatic rings. The summed E-state index contributed by atoms with van der Waals surface area (Å²) in [5, 5.41) is 13.0. The number of nitrogens with zero attached hydrogens (tertiary/aromatic N) is 2. The number of hydrogen-bond donors (Lipinski definition) is 1. The lowest BCUT2D eigenvalue weighted by molar-refractivity contribution is 0.586. The summed E-state index contributed by atoms with van der Waals surface area (Å²) >= 11 is 0. The molecule has 1 heterocycles. The minimum atomic E-state index is -3.85. The number of primary sulfonamides is 1. The van der Waals surface area contributed by atoms with Crippen LogP contribution in [-0.4, -0.2) is 33.3 Å². The van der Waals surface area contributed by atoms with Gasteiger partial charge in [-0.05, 0) is 12.1 Å². The summed E-state index contributed by atoms with van der Waals surface area (Å²) in [5.74, 6) is -1.35. The van der Waals surface area contributed by atoms with E-state index >= 15 is 0 Å². The maximum absolute atomic E-state index is 11.7. The summed E-state index contributed by atoms with van der Waals surface area (Å²) < 4.78 is 44.7. The molecule has 0 bridgehead atoms. The third-order valence-corrected chi connectivity index (χ3v) is 4.45. The van der Waals surface area contributed by atoms with Crippen molar-refractivity contribution in [3.63, 3.8) is 0 Å². The number of sulfone groups is 1. The van der Waals surface area contributed by atoms with Crippen molar-refractivity contribution in [2.75, 3.05) is 11.5 Å². The van der Waals surface area contributed by atoms with Gasteiger partial charge in [-0.25, -0.2) is 27.0 Å². The van der Waals surface area contributed by atoms with Gasteiger partial charge >= 0.3 is 0 Å². The largest absolute Gasteiger partial charge is 0.245 e. The Morgan fingerprint density at radius 3 is 2.47 bits per heavy atom. The highest BCUT2D eigenvalue weighted by Gasteiger charge is 2.19. The van der Waals surface area contributed by atoms with Crippen molar-refractivity contribution in [2.45, 2.75) is 5.03 Å². The van der Waals surface area contributed by atoms with Gasteiger partial charge in [0, 0.05) is 6.20 Å². The first-order valence-electron chi connectivity index (χ1n) is 4.34. The molecule has 9 heteroatoms. The van der Waals surface area contributed by atoms with Crippen LogP contribution in [0.25, 0.3) is 0 Å². The third-order valence-electron chi connectivity index (χ3n) is 1.82. The van der Waals surface area contributed by atoms with E-state index in [-0.39, 0.29) is 10.6 Å². The molecule has 92 valence electrons. The molecule has 0 aliphatic rings. The molecule has 0 amide bonds. The van der Waals surface area contributed by atoms with Crippen LogP contribution in [0.4, 0.5) is 0 Å². The molecule has 1 rings (SSSR count). The molecule has 2 N–H and O–H groups in total. The summed E-state index contributed by atoms with van der Waals surface area (Å²) in [5.41, 5.74) is 0.134. The van der Waals surface area contributed by atoms with Crippen molar-refractivity contribution in [2.24, 2.45) is 5.14 Å². The number of hydrogen-bond acceptors (Lipinski definition) is 6. The fourth-order valence-corrected chi connectivity index (χ4v) is 3.52. The Kier molecular flexibility index (Phi) is 3.82. The molecule has 0 fully saturated rings. The van der Waals surface area contributed by atoms with Crippen molar-refractivity contribution < 1.29 is 16.8 Å². The zero-order valence-electron chi connectivity index (χ0n) is 8.57. The van der Waals surface area contributed by atoms with E-state index in [2.05, 4.69) is 4.98 Å². The summed E-state index contributed by atoms with van der Waals surface area (Å²) in [4.78, 5) is 3.58. The van der Waals surface area contributed by atoms with Crippen LogP contribution in [0, 0.1) is 11.3 Å². The van der Waals surface area contributed by atoms with Crippen molar-refractivity contribution in [1.82, 2.24) is 4.98 Å².